The molecule has 2 N–H and O–H groups in total. The van der Waals surface area contributed by atoms with Gasteiger partial charge in [-0.25, -0.2) is 4.98 Å². The molecule has 3 rings (SSSR count). The van der Waals surface area contributed by atoms with Crippen LogP contribution in [0.25, 0.3) is 21.8 Å². The molecular weight excluding hydrogens is 358 g/mol. The van der Waals surface area contributed by atoms with Crippen molar-refractivity contribution in [2.45, 2.75) is 6.92 Å². The minimum absolute atomic E-state index is 0.615. The molecule has 0 aliphatic rings. The molecule has 0 unspecified atom stereocenters. The highest BCUT2D eigenvalue weighted by Crippen LogP contribution is 2.33. The number of thiocarbonyl (C=S) groups is 1. The zero-order chi connectivity index (χ0) is 16.9. The van der Waals surface area contributed by atoms with Gasteiger partial charge in [-0.2, -0.15) is 0 Å². The first-order chi connectivity index (χ1) is 11.7. The zero-order valence-corrected chi connectivity index (χ0v) is 15.4. The van der Waals surface area contributed by atoms with Crippen molar-refractivity contribution >= 4 is 46.0 Å². The maximum absolute atomic E-state index is 6.26. The molecule has 0 atom stereocenters. The van der Waals surface area contributed by atoms with Gasteiger partial charge < -0.3 is 10.6 Å². The molecule has 0 spiro atoms. The van der Waals surface area contributed by atoms with Gasteiger partial charge in [-0.1, -0.05) is 41.9 Å². The number of halogens is 1. The van der Waals surface area contributed by atoms with E-state index in [4.69, 9.17) is 28.8 Å². The van der Waals surface area contributed by atoms with Gasteiger partial charge in [0.25, 0.3) is 0 Å². The normalized spacial score (nSPS) is 10.4. The summed E-state index contributed by atoms with van der Waals surface area (Å²) in [5.41, 5.74) is 3.85. The lowest BCUT2D eigenvalue weighted by Crippen LogP contribution is -2.27. The highest BCUT2D eigenvalue weighted by Gasteiger charge is 2.10. The summed E-state index contributed by atoms with van der Waals surface area (Å²) in [5.74, 6) is 0. The number of anilines is 1. The molecule has 3 nitrogen and oxygen atoms in total. The second kappa shape index (κ2) is 7.75. The van der Waals surface area contributed by atoms with E-state index in [9.17, 15) is 0 Å². The number of thiazole rings is 1. The lowest BCUT2D eigenvalue weighted by molar-refractivity contribution is 0.979. The summed E-state index contributed by atoms with van der Waals surface area (Å²) in [6.45, 7) is 2.80. The first kappa shape index (κ1) is 16.9. The van der Waals surface area contributed by atoms with Crippen LogP contribution in [0.4, 0.5) is 5.69 Å². The molecule has 122 valence electrons. The average molecular weight is 374 g/mol. The zero-order valence-electron chi connectivity index (χ0n) is 13.0. The van der Waals surface area contributed by atoms with Gasteiger partial charge in [0, 0.05) is 28.7 Å². The molecule has 0 radical (unpaired) electrons. The van der Waals surface area contributed by atoms with E-state index in [-0.39, 0.29) is 0 Å². The van der Waals surface area contributed by atoms with Gasteiger partial charge in [0.1, 0.15) is 5.01 Å². The molecule has 0 fully saturated rings. The monoisotopic (exact) mass is 373 g/mol. The second-order valence-electron chi connectivity index (χ2n) is 5.08. The van der Waals surface area contributed by atoms with E-state index >= 15 is 0 Å². The van der Waals surface area contributed by atoms with Crippen molar-refractivity contribution in [1.82, 2.24) is 10.3 Å². The summed E-state index contributed by atoms with van der Waals surface area (Å²) in [7, 11) is 0. The highest BCUT2D eigenvalue weighted by molar-refractivity contribution is 7.80. The molecular formula is C18H16ClN3S2. The Labute approximate surface area is 155 Å². The predicted octanol–water partition coefficient (Wildman–Crippen LogP) is 5.44. The van der Waals surface area contributed by atoms with Crippen LogP contribution in [0.3, 0.4) is 0 Å². The molecule has 1 aromatic heterocycles. The van der Waals surface area contributed by atoms with Gasteiger partial charge in [-0.3, -0.25) is 0 Å². The van der Waals surface area contributed by atoms with Crippen LogP contribution in [-0.4, -0.2) is 16.6 Å². The fourth-order valence-corrected chi connectivity index (χ4v) is 3.67. The average Bonchev–Trinajstić information content (AvgIpc) is 3.05. The smallest absolute Gasteiger partial charge is 0.170 e. The standard InChI is InChI=1S/C18H16ClN3S2/c1-2-20-18(23)21-13-7-5-6-12(10-13)16-11-24-17(22-16)14-8-3-4-9-15(14)19/h3-11H,2H2,1H3,(H2,20,21,23). The highest BCUT2D eigenvalue weighted by atomic mass is 35.5. The summed E-state index contributed by atoms with van der Waals surface area (Å²) in [4.78, 5) is 4.73. The van der Waals surface area contributed by atoms with E-state index in [2.05, 4.69) is 10.6 Å². The number of nitrogens with one attached hydrogen (secondary N) is 2. The number of benzene rings is 2. The summed E-state index contributed by atoms with van der Waals surface area (Å²) in [6, 6.07) is 15.8. The Morgan fingerprint density at radius 1 is 1.21 bits per heavy atom. The Morgan fingerprint density at radius 3 is 2.83 bits per heavy atom. The Kier molecular flexibility index (Phi) is 5.45. The van der Waals surface area contributed by atoms with Crippen LogP contribution in [0, 0.1) is 0 Å². The summed E-state index contributed by atoms with van der Waals surface area (Å²) < 4.78 is 0. The molecule has 0 aliphatic heterocycles. The van der Waals surface area contributed by atoms with Gasteiger partial charge in [-0.05, 0) is 37.3 Å². The van der Waals surface area contributed by atoms with Crippen LogP contribution in [-0.2, 0) is 0 Å². The predicted molar refractivity (Wildman–Crippen MR) is 108 cm³/mol. The maximum Gasteiger partial charge on any atom is 0.170 e. The third-order valence-electron chi connectivity index (χ3n) is 3.36. The van der Waals surface area contributed by atoms with Gasteiger partial charge in [0.05, 0.1) is 10.7 Å². The van der Waals surface area contributed by atoms with Crippen molar-refractivity contribution in [2.75, 3.05) is 11.9 Å². The molecule has 1 heterocycles. The van der Waals surface area contributed by atoms with Crippen LogP contribution in [0.5, 0.6) is 0 Å². The summed E-state index contributed by atoms with van der Waals surface area (Å²) in [5, 5.41) is 10.5. The second-order valence-corrected chi connectivity index (χ2v) is 6.76. The first-order valence-corrected chi connectivity index (χ1v) is 9.19. The van der Waals surface area contributed by atoms with E-state index in [1.54, 1.807) is 11.3 Å². The third-order valence-corrected chi connectivity index (χ3v) is 4.81. The van der Waals surface area contributed by atoms with Crippen molar-refractivity contribution in [1.29, 1.82) is 0 Å². The molecule has 0 amide bonds. The van der Waals surface area contributed by atoms with Crippen LogP contribution in [0.15, 0.2) is 53.9 Å². The van der Waals surface area contributed by atoms with Gasteiger partial charge in [0.15, 0.2) is 5.11 Å². The van der Waals surface area contributed by atoms with E-state index in [0.717, 1.165) is 34.1 Å². The number of hydrogen-bond donors (Lipinski definition) is 2. The summed E-state index contributed by atoms with van der Waals surface area (Å²) in [6.07, 6.45) is 0. The molecule has 24 heavy (non-hydrogen) atoms. The minimum Gasteiger partial charge on any atom is -0.363 e. The van der Waals surface area contributed by atoms with Crippen LogP contribution < -0.4 is 10.6 Å². The van der Waals surface area contributed by atoms with Crippen molar-refractivity contribution in [2.24, 2.45) is 0 Å². The van der Waals surface area contributed by atoms with Crippen molar-refractivity contribution in [3.63, 3.8) is 0 Å². The molecule has 0 bridgehead atoms. The van der Waals surface area contributed by atoms with E-state index in [1.165, 1.54) is 0 Å². The van der Waals surface area contributed by atoms with Crippen molar-refractivity contribution in [3.8, 4) is 21.8 Å². The maximum atomic E-state index is 6.26. The Bertz CT molecular complexity index is 861. The molecule has 2 aromatic carbocycles. The third kappa shape index (κ3) is 3.93. The van der Waals surface area contributed by atoms with E-state index < -0.39 is 0 Å². The SMILES string of the molecule is CCNC(=S)Nc1cccc(-c2csc(-c3ccccc3Cl)n2)c1. The number of nitrogens with zero attached hydrogens (tertiary/aromatic N) is 1. The van der Waals surface area contributed by atoms with Gasteiger partial charge in [0.2, 0.25) is 0 Å². The Morgan fingerprint density at radius 2 is 2.04 bits per heavy atom. The van der Waals surface area contributed by atoms with Crippen LogP contribution >= 0.6 is 35.2 Å². The fraction of sp³-hybridized carbons (Fsp3) is 0.111. The first-order valence-electron chi connectivity index (χ1n) is 7.53. The van der Waals surface area contributed by atoms with Crippen LogP contribution in [0.2, 0.25) is 5.02 Å². The molecule has 0 saturated heterocycles. The van der Waals surface area contributed by atoms with Crippen molar-refractivity contribution < 1.29 is 0 Å². The number of aromatic nitrogens is 1. The minimum atomic E-state index is 0.615. The van der Waals surface area contributed by atoms with E-state index in [0.29, 0.717) is 10.1 Å². The molecule has 0 aliphatic carbocycles. The summed E-state index contributed by atoms with van der Waals surface area (Å²) >= 11 is 13.1. The Hall–Kier alpha value is -1.95. The lowest BCUT2D eigenvalue weighted by atomic mass is 10.1. The molecule has 3 aromatic rings. The van der Waals surface area contributed by atoms with Gasteiger partial charge in [-0.15, -0.1) is 11.3 Å². The quantitative estimate of drug-likeness (QED) is 0.597. The molecule has 0 saturated carbocycles. The van der Waals surface area contributed by atoms with Gasteiger partial charge >= 0.3 is 0 Å². The van der Waals surface area contributed by atoms with Crippen LogP contribution in [0.1, 0.15) is 6.92 Å². The van der Waals surface area contributed by atoms with E-state index in [1.807, 2.05) is 60.8 Å². The van der Waals surface area contributed by atoms with Crippen molar-refractivity contribution in [3.05, 3.63) is 58.9 Å². The number of rotatable bonds is 4. The fourth-order valence-electron chi connectivity index (χ4n) is 2.26. The lowest BCUT2D eigenvalue weighted by Gasteiger charge is -2.09. The topological polar surface area (TPSA) is 37.0 Å². The molecule has 6 heteroatoms. The number of hydrogen-bond acceptors (Lipinski definition) is 3. The largest absolute Gasteiger partial charge is 0.363 e. The Balaban J connectivity index is 1.85.